The molecule has 0 aliphatic carbocycles. The zero-order valence-corrected chi connectivity index (χ0v) is 19.7. The monoisotopic (exact) mass is 492 g/mol. The van der Waals surface area contributed by atoms with E-state index in [0.717, 1.165) is 38.3 Å². The number of anilines is 1. The zero-order valence-electron chi connectivity index (χ0n) is 17.3. The van der Waals surface area contributed by atoms with Crippen molar-refractivity contribution < 1.29 is 14.4 Å². The van der Waals surface area contributed by atoms with Gasteiger partial charge in [-0.1, -0.05) is 54.8 Å². The van der Waals surface area contributed by atoms with Crippen LogP contribution < -0.4 is 10.6 Å². The van der Waals surface area contributed by atoms with E-state index in [4.69, 9.17) is 0 Å². The molecule has 0 radical (unpaired) electrons. The maximum atomic E-state index is 12.9. The van der Waals surface area contributed by atoms with Crippen LogP contribution in [0.3, 0.4) is 0 Å². The zero-order chi connectivity index (χ0) is 21.9. The lowest BCUT2D eigenvalue weighted by Crippen LogP contribution is -2.47. The van der Waals surface area contributed by atoms with Crippen LogP contribution in [0.1, 0.15) is 44.4 Å². The highest BCUT2D eigenvalue weighted by Gasteiger charge is 2.50. The van der Waals surface area contributed by atoms with Gasteiger partial charge < -0.3 is 10.6 Å². The van der Waals surface area contributed by atoms with Gasteiger partial charge in [0.15, 0.2) is 5.13 Å². The van der Waals surface area contributed by atoms with E-state index in [1.54, 1.807) is 0 Å². The Balaban J connectivity index is 1.70. The van der Waals surface area contributed by atoms with E-state index in [1.807, 2.05) is 45.0 Å². The van der Waals surface area contributed by atoms with Crippen LogP contribution in [0.4, 0.5) is 9.93 Å². The van der Waals surface area contributed by atoms with Gasteiger partial charge in [0, 0.05) is 14.9 Å². The Morgan fingerprint density at radius 3 is 2.43 bits per heavy atom. The number of urea groups is 1. The highest BCUT2D eigenvalue weighted by molar-refractivity contribution is 9.10. The van der Waals surface area contributed by atoms with E-state index in [-0.39, 0.29) is 12.5 Å². The number of aryl methyl sites for hydroxylation is 1. The third-order valence-electron chi connectivity index (χ3n) is 5.06. The van der Waals surface area contributed by atoms with Crippen LogP contribution in [0.2, 0.25) is 0 Å². The van der Waals surface area contributed by atoms with Crippen LogP contribution >= 0.6 is 27.3 Å². The third-order valence-corrected chi connectivity index (χ3v) is 6.48. The average Bonchev–Trinajstić information content (AvgIpc) is 3.15. The number of hydrogen-bond donors (Lipinski definition) is 2. The minimum atomic E-state index is -0.895. The van der Waals surface area contributed by atoms with Crippen molar-refractivity contribution in [3.8, 4) is 11.3 Å². The summed E-state index contributed by atoms with van der Waals surface area (Å²) in [7, 11) is 0. The van der Waals surface area contributed by atoms with Gasteiger partial charge in [0.1, 0.15) is 12.1 Å². The summed E-state index contributed by atoms with van der Waals surface area (Å²) >= 11 is 4.77. The van der Waals surface area contributed by atoms with Crippen molar-refractivity contribution in [1.82, 2.24) is 15.2 Å². The van der Waals surface area contributed by atoms with Gasteiger partial charge in [-0.3, -0.25) is 14.5 Å². The van der Waals surface area contributed by atoms with E-state index < -0.39 is 17.5 Å². The fraction of sp³-hybridized carbons (Fsp3) is 0.429. The van der Waals surface area contributed by atoms with E-state index in [9.17, 15) is 14.4 Å². The normalized spacial score (nSPS) is 15.4. The topological polar surface area (TPSA) is 91.4 Å². The number of rotatable bonds is 8. The molecule has 0 unspecified atom stereocenters. The molecule has 1 aliphatic heterocycles. The molecule has 160 valence electrons. The summed E-state index contributed by atoms with van der Waals surface area (Å²) in [5, 5.41) is 5.99. The Morgan fingerprint density at radius 1 is 1.20 bits per heavy atom. The van der Waals surface area contributed by atoms with E-state index in [2.05, 4.69) is 31.5 Å². The van der Waals surface area contributed by atoms with Crippen LogP contribution in [-0.4, -0.2) is 39.8 Å². The summed E-state index contributed by atoms with van der Waals surface area (Å²) in [6.07, 6.45) is 2.66. The Hall–Kier alpha value is -2.26. The molecular formula is C21H25BrN4O3S. The van der Waals surface area contributed by atoms with Gasteiger partial charge in [-0.15, -0.1) is 11.3 Å². The SMILES string of the molecule is CCCC1(CCC)NC(=O)N(CC(=O)Nc2nc(-c3ccc(Br)cc3)c(C)s2)C1=O. The smallest absolute Gasteiger partial charge is 0.323 e. The molecule has 0 spiro atoms. The second kappa shape index (κ2) is 9.26. The number of nitrogens with zero attached hydrogens (tertiary/aromatic N) is 2. The quantitative estimate of drug-likeness (QED) is 0.521. The highest BCUT2D eigenvalue weighted by Crippen LogP contribution is 2.31. The highest BCUT2D eigenvalue weighted by atomic mass is 79.9. The maximum Gasteiger partial charge on any atom is 0.325 e. The second-order valence-electron chi connectivity index (χ2n) is 7.38. The number of halogens is 1. The fourth-order valence-corrected chi connectivity index (χ4v) is 4.88. The largest absolute Gasteiger partial charge is 0.325 e. The van der Waals surface area contributed by atoms with Crippen molar-refractivity contribution in [3.05, 3.63) is 33.6 Å². The molecular weight excluding hydrogens is 468 g/mol. The van der Waals surface area contributed by atoms with Crippen molar-refractivity contribution in [3.63, 3.8) is 0 Å². The summed E-state index contributed by atoms with van der Waals surface area (Å²) in [6.45, 7) is 5.55. The fourth-order valence-electron chi connectivity index (χ4n) is 3.77. The molecule has 2 aromatic rings. The standard InChI is InChI=1S/C21H25BrN4O3S/c1-4-10-21(11-5-2)18(28)26(20(29)25-21)12-16(27)23-19-24-17(13(3)30-19)14-6-8-15(22)9-7-14/h6-9H,4-5,10-12H2,1-3H3,(H,25,29)(H,23,24,27). The van der Waals surface area contributed by atoms with Crippen molar-refractivity contribution in [2.75, 3.05) is 11.9 Å². The first-order valence-electron chi connectivity index (χ1n) is 9.97. The molecule has 0 saturated carbocycles. The molecule has 3 rings (SSSR count). The number of hydrogen-bond acceptors (Lipinski definition) is 5. The molecule has 30 heavy (non-hydrogen) atoms. The van der Waals surface area contributed by atoms with Gasteiger partial charge >= 0.3 is 6.03 Å². The van der Waals surface area contributed by atoms with Crippen molar-refractivity contribution >= 4 is 50.2 Å². The molecule has 2 heterocycles. The number of carbonyl (C=O) groups excluding carboxylic acids is 3. The maximum absolute atomic E-state index is 12.9. The van der Waals surface area contributed by atoms with Gasteiger partial charge in [0.25, 0.3) is 5.91 Å². The Morgan fingerprint density at radius 2 is 1.83 bits per heavy atom. The number of thiazole rings is 1. The summed E-state index contributed by atoms with van der Waals surface area (Å²) in [4.78, 5) is 44.4. The number of aromatic nitrogens is 1. The van der Waals surface area contributed by atoms with Gasteiger partial charge in [-0.2, -0.15) is 0 Å². The van der Waals surface area contributed by atoms with Gasteiger partial charge in [0.2, 0.25) is 5.91 Å². The Labute approximate surface area is 188 Å². The minimum Gasteiger partial charge on any atom is -0.323 e. The number of nitrogens with one attached hydrogen (secondary N) is 2. The third kappa shape index (κ3) is 4.57. The first-order chi connectivity index (χ1) is 14.3. The summed E-state index contributed by atoms with van der Waals surface area (Å²) in [5.74, 6) is -0.768. The number of benzene rings is 1. The molecule has 2 N–H and O–H groups in total. The molecule has 0 bridgehead atoms. The Kier molecular flexibility index (Phi) is 6.92. The molecule has 1 saturated heterocycles. The van der Waals surface area contributed by atoms with Gasteiger partial charge in [-0.05, 0) is 31.9 Å². The average molecular weight is 493 g/mol. The van der Waals surface area contributed by atoms with Crippen molar-refractivity contribution in [1.29, 1.82) is 0 Å². The van der Waals surface area contributed by atoms with Crippen molar-refractivity contribution in [2.24, 2.45) is 0 Å². The molecule has 7 nitrogen and oxygen atoms in total. The lowest BCUT2D eigenvalue weighted by molar-refractivity contribution is -0.134. The van der Waals surface area contributed by atoms with Gasteiger partial charge in [0.05, 0.1) is 5.69 Å². The van der Waals surface area contributed by atoms with E-state index in [1.165, 1.54) is 11.3 Å². The summed E-state index contributed by atoms with van der Waals surface area (Å²) in [5.41, 5.74) is 0.848. The number of carbonyl (C=O) groups is 3. The molecule has 1 aromatic carbocycles. The Bertz CT molecular complexity index is 952. The van der Waals surface area contributed by atoms with Crippen LogP contribution in [0, 0.1) is 6.92 Å². The molecule has 0 atom stereocenters. The summed E-state index contributed by atoms with van der Waals surface area (Å²) in [6, 6.07) is 7.26. The van der Waals surface area contributed by atoms with E-state index in [0.29, 0.717) is 18.0 Å². The predicted octanol–water partition coefficient (Wildman–Crippen LogP) is 4.71. The first-order valence-corrected chi connectivity index (χ1v) is 11.6. The number of imide groups is 1. The van der Waals surface area contributed by atoms with Crippen LogP contribution in [0.25, 0.3) is 11.3 Å². The lowest BCUT2D eigenvalue weighted by Gasteiger charge is -2.25. The molecule has 4 amide bonds. The molecule has 1 aromatic heterocycles. The van der Waals surface area contributed by atoms with Crippen molar-refractivity contribution in [2.45, 2.75) is 52.0 Å². The van der Waals surface area contributed by atoms with E-state index >= 15 is 0 Å². The molecule has 1 aliphatic rings. The molecule has 1 fully saturated rings. The second-order valence-corrected chi connectivity index (χ2v) is 9.50. The minimum absolute atomic E-state index is 0.322. The van der Waals surface area contributed by atoms with Crippen LogP contribution in [0.15, 0.2) is 28.7 Å². The summed E-state index contributed by atoms with van der Waals surface area (Å²) < 4.78 is 0.975. The number of amides is 4. The first kappa shape index (κ1) is 22.4. The predicted molar refractivity (Wildman–Crippen MR) is 121 cm³/mol. The lowest BCUT2D eigenvalue weighted by atomic mass is 9.88. The van der Waals surface area contributed by atoms with Gasteiger partial charge in [-0.25, -0.2) is 9.78 Å². The molecule has 9 heteroatoms. The van der Waals surface area contributed by atoms with Crippen LogP contribution in [0.5, 0.6) is 0 Å². The van der Waals surface area contributed by atoms with Crippen LogP contribution in [-0.2, 0) is 9.59 Å².